The molecule has 0 bridgehead atoms. The van der Waals surface area contributed by atoms with Crippen LogP contribution in [-0.2, 0) is 25.3 Å². The van der Waals surface area contributed by atoms with Gasteiger partial charge in [0.15, 0.2) is 11.1 Å². The van der Waals surface area contributed by atoms with E-state index in [2.05, 4.69) is 59.8 Å². The minimum Gasteiger partial charge on any atom is -0.508 e. The van der Waals surface area contributed by atoms with Crippen molar-refractivity contribution in [2.75, 3.05) is 44.4 Å². The molecule has 1 aliphatic carbocycles. The minimum absolute atomic E-state index is 0.108. The van der Waals surface area contributed by atoms with Crippen LogP contribution in [0.3, 0.4) is 0 Å². The Kier molecular flexibility index (Phi) is 7.44. The van der Waals surface area contributed by atoms with Crippen molar-refractivity contribution in [1.29, 1.82) is 0 Å². The van der Waals surface area contributed by atoms with E-state index < -0.39 is 11.1 Å². The van der Waals surface area contributed by atoms with E-state index in [0.29, 0.717) is 54.6 Å². The Morgan fingerprint density at radius 2 is 1.41 bits per heavy atom. The van der Waals surface area contributed by atoms with Crippen LogP contribution in [0.5, 0.6) is 29.0 Å². The van der Waals surface area contributed by atoms with Gasteiger partial charge >= 0.3 is 0 Å². The lowest BCUT2D eigenvalue weighted by Crippen LogP contribution is -2.37. The zero-order valence-corrected chi connectivity index (χ0v) is 28.9. The lowest BCUT2D eigenvalue weighted by Gasteiger charge is -2.34. The van der Waals surface area contributed by atoms with Crippen LogP contribution in [0.25, 0.3) is 0 Å². The molecule has 7 heterocycles. The number of morpholine rings is 1. The fourth-order valence-electron chi connectivity index (χ4n) is 6.89. The smallest absolute Gasteiger partial charge is 0.283 e. The summed E-state index contributed by atoms with van der Waals surface area (Å²) in [6.45, 7) is 3.62. The zero-order chi connectivity index (χ0) is 34.7. The summed E-state index contributed by atoms with van der Waals surface area (Å²) in [6.07, 6.45) is 5.90. The molecule has 258 valence electrons. The number of anilines is 1. The Hall–Kier alpha value is -5.52. The average molecular weight is 751 g/mol. The van der Waals surface area contributed by atoms with Gasteiger partial charge in [0.1, 0.15) is 30.5 Å². The highest BCUT2D eigenvalue weighted by Crippen LogP contribution is 2.52. The maximum absolute atomic E-state index is 9.80. The molecule has 2 spiro atoms. The number of rotatable bonds is 1. The number of ether oxygens (including phenoxy) is 5. The van der Waals surface area contributed by atoms with Crippen molar-refractivity contribution in [3.63, 3.8) is 0 Å². The molecule has 13 nitrogen and oxygen atoms in total. The second-order valence-electron chi connectivity index (χ2n) is 13.0. The third kappa shape index (κ3) is 5.53. The molecule has 5 aliphatic heterocycles. The molecular formula is C37H32BrN7O6. The number of phenols is 1. The van der Waals surface area contributed by atoms with Crippen molar-refractivity contribution in [2.45, 2.75) is 23.9 Å². The number of phenolic OH excluding ortho intramolecular Hbond substituents is 1. The molecule has 0 unspecified atom stereocenters. The van der Waals surface area contributed by atoms with Crippen LogP contribution in [0.2, 0.25) is 0 Å². The normalized spacial score (nSPS) is 23.3. The van der Waals surface area contributed by atoms with Gasteiger partial charge in [0.25, 0.3) is 12.0 Å². The minimum atomic E-state index is -0.845. The summed E-state index contributed by atoms with van der Waals surface area (Å²) in [4.78, 5) is 20.4. The van der Waals surface area contributed by atoms with Crippen LogP contribution in [-0.4, -0.2) is 66.6 Å². The quantitative estimate of drug-likeness (QED) is 0.232. The first kappa shape index (κ1) is 31.5. The lowest BCUT2D eigenvalue weighted by atomic mass is 9.81. The topological polar surface area (TPSA) is 172 Å². The average Bonchev–Trinajstić information content (AvgIpc) is 3.78. The molecule has 6 aliphatic rings. The standard InChI is InChI=1S/C23H22N4O3.C14H10BrN3O3/c24-22-26-23(14-29-22)18-11-16(4-3-15-1-2-15)5-6-20(18)30-21-19(23)12-17(13-25-21)27-7-9-28-10-8-27;15-7-3-10-12(17-5-7)21-11-2-1-8(19)4-9(11)14(10)6-20-13(16)18-14/h5-6,11-13,15H,1-2,7-10,14H2,(H2,24,26);1-5,19H,6H2,(H2,16,18)/t23-;14-/m00/s1. The number of aromatic nitrogens is 2. The van der Waals surface area contributed by atoms with E-state index in [1.165, 1.54) is 12.8 Å². The van der Waals surface area contributed by atoms with Crippen molar-refractivity contribution < 1.29 is 28.8 Å². The lowest BCUT2D eigenvalue weighted by molar-refractivity contribution is 0.122. The highest BCUT2D eigenvalue weighted by molar-refractivity contribution is 9.10. The number of nitrogens with zero attached hydrogens (tertiary/aromatic N) is 5. The molecular weight excluding hydrogens is 718 g/mol. The number of hydrogen-bond donors (Lipinski definition) is 3. The van der Waals surface area contributed by atoms with E-state index in [1.54, 1.807) is 24.4 Å². The van der Waals surface area contributed by atoms with E-state index in [-0.39, 0.29) is 24.4 Å². The summed E-state index contributed by atoms with van der Waals surface area (Å²) in [5.41, 5.74) is 15.3. The molecule has 0 radical (unpaired) electrons. The molecule has 10 rings (SSSR count). The summed E-state index contributed by atoms with van der Waals surface area (Å²) in [5, 5.41) is 9.80. The van der Waals surface area contributed by atoms with Crippen LogP contribution in [0, 0.1) is 17.8 Å². The molecule has 2 aromatic heterocycles. The molecule has 1 saturated heterocycles. The maximum Gasteiger partial charge on any atom is 0.283 e. The van der Waals surface area contributed by atoms with Crippen LogP contribution in [0.15, 0.2) is 75.4 Å². The van der Waals surface area contributed by atoms with Crippen LogP contribution in [0.1, 0.15) is 40.7 Å². The van der Waals surface area contributed by atoms with Gasteiger partial charge in [0, 0.05) is 46.4 Å². The van der Waals surface area contributed by atoms with Gasteiger partial charge in [-0.1, -0.05) is 11.8 Å². The van der Waals surface area contributed by atoms with Crippen molar-refractivity contribution >= 4 is 33.7 Å². The number of fused-ring (bicyclic) bond motifs is 8. The second-order valence-corrected chi connectivity index (χ2v) is 13.9. The fraction of sp³-hybridized carbons (Fsp3) is 0.297. The first-order chi connectivity index (χ1) is 24.8. The van der Waals surface area contributed by atoms with Gasteiger partial charge in [-0.05, 0) is 77.3 Å². The zero-order valence-electron chi connectivity index (χ0n) is 27.3. The number of nitrogens with two attached hydrogens (primary N) is 2. The third-order valence-corrected chi connectivity index (χ3v) is 10.1. The molecule has 14 heteroatoms. The Bertz CT molecular complexity index is 2160. The summed E-state index contributed by atoms with van der Waals surface area (Å²) in [7, 11) is 0. The van der Waals surface area contributed by atoms with E-state index in [1.807, 2.05) is 24.4 Å². The molecule has 2 fully saturated rings. The fourth-order valence-corrected chi connectivity index (χ4v) is 7.22. The van der Waals surface area contributed by atoms with Crippen LogP contribution < -0.4 is 25.8 Å². The van der Waals surface area contributed by atoms with Gasteiger partial charge in [0.2, 0.25) is 11.8 Å². The number of benzene rings is 2. The van der Waals surface area contributed by atoms with Crippen LogP contribution in [0.4, 0.5) is 5.69 Å². The first-order valence-corrected chi connectivity index (χ1v) is 17.4. The van der Waals surface area contributed by atoms with Gasteiger partial charge < -0.3 is 45.2 Å². The Morgan fingerprint density at radius 1 is 0.784 bits per heavy atom. The molecule has 0 amide bonds. The number of amidine groups is 2. The van der Waals surface area contributed by atoms with Crippen LogP contribution >= 0.6 is 15.9 Å². The van der Waals surface area contributed by atoms with E-state index in [4.69, 9.17) is 40.1 Å². The predicted octanol–water partition coefficient (Wildman–Crippen LogP) is 4.62. The van der Waals surface area contributed by atoms with Gasteiger partial charge in [-0.3, -0.25) is 0 Å². The number of hydrogen-bond acceptors (Lipinski definition) is 13. The van der Waals surface area contributed by atoms with E-state index in [9.17, 15) is 5.11 Å². The van der Waals surface area contributed by atoms with Crippen molar-refractivity contribution in [1.82, 2.24) is 9.97 Å². The molecule has 51 heavy (non-hydrogen) atoms. The summed E-state index contributed by atoms with van der Waals surface area (Å²) < 4.78 is 29.3. The summed E-state index contributed by atoms with van der Waals surface area (Å²) >= 11 is 3.40. The second kappa shape index (κ2) is 12.1. The van der Waals surface area contributed by atoms with E-state index in [0.717, 1.165) is 45.5 Å². The summed E-state index contributed by atoms with van der Waals surface area (Å²) in [6, 6.07) is 15.1. The predicted molar refractivity (Wildman–Crippen MR) is 190 cm³/mol. The molecule has 5 N–H and O–H groups in total. The number of pyridine rings is 2. The number of aliphatic imine (C=N–C) groups is 2. The van der Waals surface area contributed by atoms with Crippen molar-refractivity contribution in [3.8, 4) is 40.8 Å². The molecule has 2 aromatic carbocycles. The molecule has 4 aromatic rings. The molecule has 2 atom stereocenters. The Morgan fingerprint density at radius 3 is 2.06 bits per heavy atom. The number of halogens is 1. The van der Waals surface area contributed by atoms with Crippen molar-refractivity contribution in [3.05, 3.63) is 93.2 Å². The first-order valence-electron chi connectivity index (χ1n) is 16.6. The third-order valence-electron chi connectivity index (χ3n) is 9.63. The SMILES string of the molecule is NC1=N[C@@]2(CO1)c1cc(C#CC3CC3)ccc1Oc1ncc(N3CCOCC3)cc12.NC1=N[C@@]2(CO1)c1cc(O)ccc1Oc1ncc(Br)cc12. The van der Waals surface area contributed by atoms with Gasteiger partial charge in [-0.25, -0.2) is 20.0 Å². The van der Waals surface area contributed by atoms with Gasteiger partial charge in [-0.2, -0.15) is 0 Å². The highest BCUT2D eigenvalue weighted by atomic mass is 79.9. The van der Waals surface area contributed by atoms with E-state index >= 15 is 0 Å². The monoisotopic (exact) mass is 749 g/mol. The Balaban J connectivity index is 0.000000146. The Labute approximate surface area is 301 Å². The van der Waals surface area contributed by atoms with Gasteiger partial charge in [-0.15, -0.1) is 0 Å². The van der Waals surface area contributed by atoms with Crippen molar-refractivity contribution in [2.24, 2.45) is 27.4 Å². The number of aromatic hydroxyl groups is 1. The highest BCUT2D eigenvalue weighted by Gasteiger charge is 2.49. The summed E-state index contributed by atoms with van der Waals surface area (Å²) in [5.74, 6) is 9.58. The van der Waals surface area contributed by atoms with Gasteiger partial charge in [0.05, 0.1) is 36.2 Å². The maximum atomic E-state index is 9.80. The molecule has 1 saturated carbocycles. The largest absolute Gasteiger partial charge is 0.508 e.